The maximum absolute atomic E-state index is 12.7. The molecule has 0 saturated heterocycles. The van der Waals surface area contributed by atoms with Gasteiger partial charge in [-0.15, -0.1) is 0 Å². The van der Waals surface area contributed by atoms with Gasteiger partial charge >= 0.3 is 13.2 Å². The second-order valence-electron chi connectivity index (χ2n) is 6.97. The van der Waals surface area contributed by atoms with Crippen molar-refractivity contribution in [1.82, 2.24) is 15.0 Å². The third kappa shape index (κ3) is 6.27. The molecular weight excluding hydrogens is 490 g/mol. The van der Waals surface area contributed by atoms with E-state index < -0.39 is 24.7 Å². The van der Waals surface area contributed by atoms with Crippen molar-refractivity contribution in [3.8, 4) is 23.0 Å². The second kappa shape index (κ2) is 11.2. The highest BCUT2D eigenvalue weighted by Crippen LogP contribution is 2.37. The fraction of sp³-hybridized carbons (Fsp3) is 0.217. The summed E-state index contributed by atoms with van der Waals surface area (Å²) >= 11 is 1.25. The van der Waals surface area contributed by atoms with Gasteiger partial charge in [-0.2, -0.15) is 17.6 Å². The summed E-state index contributed by atoms with van der Waals surface area (Å²) in [4.78, 5) is 11.7. The minimum absolute atomic E-state index is 0.240. The van der Waals surface area contributed by atoms with Crippen LogP contribution in [0.4, 0.5) is 17.6 Å². The number of aromatic nitrogens is 3. The van der Waals surface area contributed by atoms with Gasteiger partial charge in [-0.25, -0.2) is 4.98 Å². The number of imidazole rings is 1. The molecule has 0 saturated carbocycles. The molecule has 0 atom stereocenters. The highest BCUT2D eigenvalue weighted by Gasteiger charge is 2.19. The zero-order valence-corrected chi connectivity index (χ0v) is 19.0. The van der Waals surface area contributed by atoms with Gasteiger partial charge in [0.25, 0.3) is 0 Å². The van der Waals surface area contributed by atoms with E-state index in [4.69, 9.17) is 9.47 Å². The Hall–Kier alpha value is -3.67. The predicted molar refractivity (Wildman–Crippen MR) is 120 cm³/mol. The first kappa shape index (κ1) is 24.5. The molecular formula is C23H19F4N3O4S. The molecule has 0 bridgehead atoms. The number of H-pyrrole nitrogens is 1. The van der Waals surface area contributed by atoms with Crippen molar-refractivity contribution in [3.63, 3.8) is 0 Å². The smallest absolute Gasteiger partial charge is 0.387 e. The third-order valence-corrected chi connectivity index (χ3v) is 5.58. The van der Waals surface area contributed by atoms with E-state index >= 15 is 0 Å². The average Bonchev–Trinajstić information content (AvgIpc) is 3.23. The normalized spacial score (nSPS) is 11.3. The molecule has 184 valence electrons. The maximum Gasteiger partial charge on any atom is 0.387 e. The number of nitrogens with zero attached hydrogens (tertiary/aromatic N) is 2. The summed E-state index contributed by atoms with van der Waals surface area (Å²) in [5.41, 5.74) is 2.11. The van der Waals surface area contributed by atoms with Gasteiger partial charge < -0.3 is 23.9 Å². The Kier molecular flexibility index (Phi) is 7.80. The van der Waals surface area contributed by atoms with Crippen molar-refractivity contribution in [3.05, 3.63) is 66.0 Å². The van der Waals surface area contributed by atoms with Crippen molar-refractivity contribution >= 4 is 22.8 Å². The predicted octanol–water partition coefficient (Wildman–Crippen LogP) is 6.04. The lowest BCUT2D eigenvalue weighted by molar-refractivity contribution is -0.0690. The Balaban J connectivity index is 1.54. The van der Waals surface area contributed by atoms with E-state index in [0.29, 0.717) is 40.2 Å². The molecule has 2 aromatic carbocycles. The SMILES string of the molecule is COc1ccnc(CSc2nc3cc(OC(F)F)c(OC(F)F)cc3[nH]2)c1OCc1ccccc1. The van der Waals surface area contributed by atoms with Crippen molar-refractivity contribution in [2.75, 3.05) is 7.11 Å². The standard InChI is InChI=1S/C23H19F4N3O4S/c1-31-17-7-8-28-16(20(17)32-11-13-5-3-2-4-6-13)12-35-23-29-14-9-18(33-21(24)25)19(34-22(26)27)10-15(14)30-23/h2-10,21-22H,11-12H2,1H3,(H,29,30). The number of hydrogen-bond donors (Lipinski definition) is 1. The van der Waals surface area contributed by atoms with Crippen molar-refractivity contribution in [1.29, 1.82) is 0 Å². The van der Waals surface area contributed by atoms with Crippen molar-refractivity contribution in [2.24, 2.45) is 0 Å². The average molecular weight is 509 g/mol. The molecule has 0 amide bonds. The number of ether oxygens (including phenoxy) is 4. The quantitative estimate of drug-likeness (QED) is 0.195. The van der Waals surface area contributed by atoms with Gasteiger partial charge in [-0.1, -0.05) is 42.1 Å². The first-order valence-electron chi connectivity index (χ1n) is 10.2. The maximum atomic E-state index is 12.7. The van der Waals surface area contributed by atoms with Crippen LogP contribution in [0.5, 0.6) is 23.0 Å². The first-order chi connectivity index (χ1) is 16.9. The van der Waals surface area contributed by atoms with E-state index in [1.165, 1.54) is 18.9 Å². The number of aromatic amines is 1. The largest absolute Gasteiger partial charge is 0.493 e. The lowest BCUT2D eigenvalue weighted by Crippen LogP contribution is -2.07. The molecule has 7 nitrogen and oxygen atoms in total. The minimum Gasteiger partial charge on any atom is -0.493 e. The molecule has 2 aromatic heterocycles. The number of pyridine rings is 1. The summed E-state index contributed by atoms with van der Waals surface area (Å²) in [7, 11) is 1.53. The number of rotatable bonds is 11. The van der Waals surface area contributed by atoms with E-state index in [1.807, 2.05) is 30.3 Å². The van der Waals surface area contributed by atoms with Gasteiger partial charge in [-0.05, 0) is 5.56 Å². The highest BCUT2D eigenvalue weighted by atomic mass is 32.2. The Bertz CT molecular complexity index is 1230. The van der Waals surface area contributed by atoms with Crippen molar-refractivity contribution < 1.29 is 36.5 Å². The van der Waals surface area contributed by atoms with E-state index in [0.717, 1.165) is 17.7 Å². The van der Waals surface area contributed by atoms with Gasteiger partial charge in [0.1, 0.15) is 6.61 Å². The lowest BCUT2D eigenvalue weighted by Gasteiger charge is -2.14. The number of methoxy groups -OCH3 is 1. The van der Waals surface area contributed by atoms with Crippen LogP contribution in [0.15, 0.2) is 59.9 Å². The molecule has 12 heteroatoms. The molecule has 35 heavy (non-hydrogen) atoms. The molecule has 0 unspecified atom stereocenters. The zero-order valence-electron chi connectivity index (χ0n) is 18.2. The van der Waals surface area contributed by atoms with E-state index in [2.05, 4.69) is 24.4 Å². The summed E-state index contributed by atoms with van der Waals surface area (Å²) in [6, 6.07) is 13.5. The molecule has 0 aliphatic rings. The number of hydrogen-bond acceptors (Lipinski definition) is 7. The molecule has 0 aliphatic heterocycles. The van der Waals surface area contributed by atoms with E-state index in [9.17, 15) is 17.6 Å². The van der Waals surface area contributed by atoms with Gasteiger partial charge in [0, 0.05) is 30.1 Å². The van der Waals surface area contributed by atoms with Gasteiger partial charge in [0.2, 0.25) is 0 Å². The zero-order chi connectivity index (χ0) is 24.8. The van der Waals surface area contributed by atoms with Crippen LogP contribution in [0.1, 0.15) is 11.3 Å². The summed E-state index contributed by atoms with van der Waals surface area (Å²) in [5, 5.41) is 0.399. The van der Waals surface area contributed by atoms with Gasteiger partial charge in [0.05, 0.1) is 23.8 Å². The Labute approximate surface area is 201 Å². The Morgan fingerprint density at radius 3 is 2.34 bits per heavy atom. The molecule has 0 fully saturated rings. The molecule has 4 rings (SSSR count). The Morgan fingerprint density at radius 2 is 1.66 bits per heavy atom. The third-order valence-electron chi connectivity index (χ3n) is 4.69. The number of halogens is 4. The number of thioether (sulfide) groups is 1. The summed E-state index contributed by atoms with van der Waals surface area (Å²) in [5.74, 6) is 0.240. The number of nitrogens with one attached hydrogen (secondary N) is 1. The lowest BCUT2D eigenvalue weighted by atomic mass is 10.2. The molecule has 0 aliphatic carbocycles. The van der Waals surface area contributed by atoms with Crippen LogP contribution in [0, 0.1) is 0 Å². The van der Waals surface area contributed by atoms with E-state index in [-0.39, 0.29) is 5.52 Å². The second-order valence-corrected chi connectivity index (χ2v) is 7.93. The number of alkyl halides is 4. The van der Waals surface area contributed by atoms with Gasteiger partial charge in [0.15, 0.2) is 28.2 Å². The number of fused-ring (bicyclic) bond motifs is 1. The molecule has 0 spiro atoms. The van der Waals surface area contributed by atoms with Crippen LogP contribution in [-0.2, 0) is 12.4 Å². The van der Waals surface area contributed by atoms with Gasteiger partial charge in [-0.3, -0.25) is 4.98 Å². The Morgan fingerprint density at radius 1 is 0.943 bits per heavy atom. The van der Waals surface area contributed by atoms with Crippen LogP contribution in [0.25, 0.3) is 11.0 Å². The molecule has 4 aromatic rings. The molecule has 2 heterocycles. The summed E-state index contributed by atoms with van der Waals surface area (Å²) in [6.45, 7) is -6.11. The van der Waals surface area contributed by atoms with Crippen LogP contribution < -0.4 is 18.9 Å². The topological polar surface area (TPSA) is 78.5 Å². The summed E-state index contributed by atoms with van der Waals surface area (Å²) in [6.07, 6.45) is 1.59. The fourth-order valence-corrected chi connectivity index (χ4v) is 4.02. The van der Waals surface area contributed by atoms with Crippen LogP contribution in [0.2, 0.25) is 0 Å². The number of benzene rings is 2. The van der Waals surface area contributed by atoms with Crippen LogP contribution in [0.3, 0.4) is 0 Å². The molecule has 1 N–H and O–H groups in total. The van der Waals surface area contributed by atoms with Crippen LogP contribution in [-0.4, -0.2) is 35.3 Å². The minimum atomic E-state index is -3.21. The highest BCUT2D eigenvalue weighted by molar-refractivity contribution is 7.98. The fourth-order valence-electron chi connectivity index (χ4n) is 3.19. The summed E-state index contributed by atoms with van der Waals surface area (Å²) < 4.78 is 70.8. The molecule has 0 radical (unpaired) electrons. The van der Waals surface area contributed by atoms with Crippen molar-refractivity contribution in [2.45, 2.75) is 30.7 Å². The first-order valence-corrected chi connectivity index (χ1v) is 11.2. The van der Waals surface area contributed by atoms with E-state index in [1.54, 1.807) is 12.3 Å². The van der Waals surface area contributed by atoms with Crippen LogP contribution >= 0.6 is 11.8 Å². The monoisotopic (exact) mass is 509 g/mol.